The third-order valence-corrected chi connectivity index (χ3v) is 4.14. The van der Waals surface area contributed by atoms with Crippen molar-refractivity contribution in [2.75, 3.05) is 12.3 Å². The Balaban J connectivity index is 2.17. The lowest BCUT2D eigenvalue weighted by Gasteiger charge is -2.19. The van der Waals surface area contributed by atoms with Gasteiger partial charge in [0.05, 0.1) is 11.4 Å². The van der Waals surface area contributed by atoms with E-state index < -0.39 is 0 Å². The van der Waals surface area contributed by atoms with E-state index in [0.717, 1.165) is 37.5 Å². The first-order chi connectivity index (χ1) is 8.35. The first-order valence-corrected chi connectivity index (χ1v) is 7.66. The van der Waals surface area contributed by atoms with Gasteiger partial charge in [0.15, 0.2) is 0 Å². The molecule has 94 valence electrons. The van der Waals surface area contributed by atoms with Crippen molar-refractivity contribution in [3.05, 3.63) is 22.8 Å². The normalized spacial score (nSPS) is 14.7. The van der Waals surface area contributed by atoms with Crippen molar-refractivity contribution >= 4 is 11.8 Å². The van der Waals surface area contributed by atoms with Gasteiger partial charge in [-0.1, -0.05) is 13.8 Å². The average molecular weight is 251 g/mol. The first-order valence-electron chi connectivity index (χ1n) is 6.51. The second kappa shape index (κ2) is 6.36. The van der Waals surface area contributed by atoms with Crippen molar-refractivity contribution in [2.45, 2.75) is 45.4 Å². The van der Waals surface area contributed by atoms with Gasteiger partial charge in [-0.05, 0) is 18.6 Å². The van der Waals surface area contributed by atoms with Crippen molar-refractivity contribution in [3.63, 3.8) is 0 Å². The van der Waals surface area contributed by atoms with E-state index >= 15 is 0 Å². The minimum atomic E-state index is 0.945. The van der Waals surface area contributed by atoms with Crippen LogP contribution in [0.3, 0.4) is 0 Å². The molecule has 17 heavy (non-hydrogen) atoms. The van der Waals surface area contributed by atoms with Crippen LogP contribution in [0.25, 0.3) is 0 Å². The number of nitrogens with zero attached hydrogens (tertiary/aromatic N) is 2. The zero-order valence-corrected chi connectivity index (χ0v) is 11.6. The van der Waals surface area contributed by atoms with Crippen LogP contribution in [0.1, 0.15) is 43.0 Å². The number of nitrogens with one attached hydrogen (secondary N) is 1. The summed E-state index contributed by atoms with van der Waals surface area (Å²) in [6.07, 6.45) is 3.29. The summed E-state index contributed by atoms with van der Waals surface area (Å²) in [7, 11) is 0. The van der Waals surface area contributed by atoms with Crippen molar-refractivity contribution in [1.29, 1.82) is 0 Å². The lowest BCUT2D eigenvalue weighted by molar-refractivity contribution is 0.613. The van der Waals surface area contributed by atoms with Gasteiger partial charge in [0, 0.05) is 30.8 Å². The van der Waals surface area contributed by atoms with Crippen LogP contribution in [-0.2, 0) is 25.1 Å². The lowest BCUT2D eigenvalue weighted by atomic mass is 10.0. The van der Waals surface area contributed by atoms with Gasteiger partial charge >= 0.3 is 0 Å². The Labute approximate surface area is 108 Å². The molecule has 0 saturated heterocycles. The van der Waals surface area contributed by atoms with Crippen molar-refractivity contribution in [2.24, 2.45) is 0 Å². The molecular formula is C13H21N3S. The van der Waals surface area contributed by atoms with Gasteiger partial charge in [-0.3, -0.25) is 0 Å². The summed E-state index contributed by atoms with van der Waals surface area (Å²) in [6.45, 7) is 6.39. The fourth-order valence-electron chi connectivity index (χ4n) is 2.13. The molecule has 0 amide bonds. The molecule has 1 aromatic heterocycles. The Morgan fingerprint density at radius 3 is 2.94 bits per heavy atom. The third kappa shape index (κ3) is 3.19. The highest BCUT2D eigenvalue weighted by atomic mass is 32.2. The predicted molar refractivity (Wildman–Crippen MR) is 73.3 cm³/mol. The quantitative estimate of drug-likeness (QED) is 0.815. The van der Waals surface area contributed by atoms with E-state index in [-0.39, 0.29) is 0 Å². The van der Waals surface area contributed by atoms with E-state index in [1.807, 2.05) is 11.8 Å². The van der Waals surface area contributed by atoms with Crippen LogP contribution < -0.4 is 5.32 Å². The maximum atomic E-state index is 4.72. The van der Waals surface area contributed by atoms with E-state index in [9.17, 15) is 0 Å². The molecule has 0 aromatic carbocycles. The van der Waals surface area contributed by atoms with Gasteiger partial charge in [-0.2, -0.15) is 11.8 Å². The number of rotatable bonds is 5. The third-order valence-electron chi connectivity index (χ3n) is 2.98. The molecule has 0 atom stereocenters. The zero-order chi connectivity index (χ0) is 12.1. The smallest absolute Gasteiger partial charge is 0.138 e. The zero-order valence-electron chi connectivity index (χ0n) is 10.8. The van der Waals surface area contributed by atoms with E-state index in [1.165, 1.54) is 29.1 Å². The number of fused-ring (bicyclic) bond motifs is 1. The number of hydrogen-bond donors (Lipinski definition) is 1. The van der Waals surface area contributed by atoms with Crippen LogP contribution in [0.4, 0.5) is 0 Å². The lowest BCUT2D eigenvalue weighted by Crippen LogP contribution is -2.27. The molecule has 1 N–H and O–H groups in total. The standard InChI is InChI=1S/C13H21N3S/c1-3-7-17-9-13-15-11(4-2)10-8-14-6-5-12(10)16-13/h14H,3-9H2,1-2H3. The highest BCUT2D eigenvalue weighted by Gasteiger charge is 2.16. The second-order valence-electron chi connectivity index (χ2n) is 4.34. The summed E-state index contributed by atoms with van der Waals surface area (Å²) in [4.78, 5) is 9.43. The first kappa shape index (κ1) is 12.8. The van der Waals surface area contributed by atoms with Crippen LogP contribution in [0, 0.1) is 0 Å². The van der Waals surface area contributed by atoms with Crippen molar-refractivity contribution in [3.8, 4) is 0 Å². The van der Waals surface area contributed by atoms with Gasteiger partial charge in [0.2, 0.25) is 0 Å². The molecule has 0 aliphatic carbocycles. The Bertz CT molecular complexity index is 362. The minimum Gasteiger partial charge on any atom is -0.312 e. The van der Waals surface area contributed by atoms with Crippen LogP contribution >= 0.6 is 11.8 Å². The van der Waals surface area contributed by atoms with Crippen molar-refractivity contribution in [1.82, 2.24) is 15.3 Å². The number of aromatic nitrogens is 2. The molecule has 0 fully saturated rings. The molecule has 1 aromatic rings. The van der Waals surface area contributed by atoms with Gasteiger partial charge in [-0.15, -0.1) is 0 Å². The average Bonchev–Trinajstić information content (AvgIpc) is 2.38. The van der Waals surface area contributed by atoms with Gasteiger partial charge in [0.1, 0.15) is 5.82 Å². The summed E-state index contributed by atoms with van der Waals surface area (Å²) in [5.74, 6) is 3.19. The fourth-order valence-corrected chi connectivity index (χ4v) is 2.88. The Kier molecular flexibility index (Phi) is 4.80. The summed E-state index contributed by atoms with van der Waals surface area (Å²) < 4.78 is 0. The Morgan fingerprint density at radius 2 is 2.18 bits per heavy atom. The highest BCUT2D eigenvalue weighted by Crippen LogP contribution is 2.18. The van der Waals surface area contributed by atoms with Crippen LogP contribution in [0.5, 0.6) is 0 Å². The van der Waals surface area contributed by atoms with Crippen LogP contribution in [0.15, 0.2) is 0 Å². The molecule has 1 aliphatic rings. The number of hydrogen-bond acceptors (Lipinski definition) is 4. The van der Waals surface area contributed by atoms with Crippen molar-refractivity contribution < 1.29 is 0 Å². The molecule has 0 spiro atoms. The maximum Gasteiger partial charge on any atom is 0.138 e. The molecule has 3 nitrogen and oxygen atoms in total. The maximum absolute atomic E-state index is 4.72. The molecule has 0 unspecified atom stereocenters. The summed E-state index contributed by atoms with van der Waals surface area (Å²) in [5, 5.41) is 3.40. The topological polar surface area (TPSA) is 37.8 Å². The number of aryl methyl sites for hydroxylation is 1. The monoisotopic (exact) mass is 251 g/mol. The van der Waals surface area contributed by atoms with E-state index in [4.69, 9.17) is 9.97 Å². The van der Waals surface area contributed by atoms with E-state index in [0.29, 0.717) is 0 Å². The van der Waals surface area contributed by atoms with E-state index in [2.05, 4.69) is 19.2 Å². The molecule has 0 saturated carbocycles. The SMILES string of the molecule is CCCSCc1nc(CC)c2c(n1)CCNC2. The fraction of sp³-hybridized carbons (Fsp3) is 0.692. The predicted octanol–water partition coefficient (Wildman–Crippen LogP) is 2.33. The largest absolute Gasteiger partial charge is 0.312 e. The summed E-state index contributed by atoms with van der Waals surface area (Å²) in [5.41, 5.74) is 3.87. The molecular weight excluding hydrogens is 230 g/mol. The molecule has 1 aliphatic heterocycles. The van der Waals surface area contributed by atoms with E-state index in [1.54, 1.807) is 0 Å². The van der Waals surface area contributed by atoms with Crippen LogP contribution in [-0.4, -0.2) is 22.3 Å². The van der Waals surface area contributed by atoms with Gasteiger partial charge in [-0.25, -0.2) is 9.97 Å². The van der Waals surface area contributed by atoms with Gasteiger partial charge < -0.3 is 5.32 Å². The summed E-state index contributed by atoms with van der Waals surface area (Å²) in [6, 6.07) is 0. The molecule has 0 bridgehead atoms. The molecule has 2 rings (SSSR count). The van der Waals surface area contributed by atoms with Gasteiger partial charge in [0.25, 0.3) is 0 Å². The minimum absolute atomic E-state index is 0.945. The van der Waals surface area contributed by atoms with Crippen LogP contribution in [0.2, 0.25) is 0 Å². The highest BCUT2D eigenvalue weighted by molar-refractivity contribution is 7.98. The second-order valence-corrected chi connectivity index (χ2v) is 5.45. The molecule has 0 radical (unpaired) electrons. The Hall–Kier alpha value is -0.610. The molecule has 4 heteroatoms. The molecule has 2 heterocycles. The number of thioether (sulfide) groups is 1. The Morgan fingerprint density at radius 1 is 1.29 bits per heavy atom. The summed E-state index contributed by atoms with van der Waals surface area (Å²) >= 11 is 1.94.